The number of carbonyl (C=O) groups excluding carboxylic acids is 3. The van der Waals surface area contributed by atoms with Gasteiger partial charge in [-0.1, -0.05) is 36.3 Å². The minimum absolute atomic E-state index is 0.0688. The van der Waals surface area contributed by atoms with Crippen molar-refractivity contribution in [1.29, 1.82) is 0 Å². The first-order valence-corrected chi connectivity index (χ1v) is 10.1. The summed E-state index contributed by atoms with van der Waals surface area (Å²) in [5, 5.41) is 1.28. The molecule has 0 unspecified atom stereocenters. The smallest absolute Gasteiger partial charge is 0.326 e. The van der Waals surface area contributed by atoms with Crippen molar-refractivity contribution < 1.29 is 23.9 Å². The SMILES string of the molecule is C#CCOc1ccc2ccccc2c1C=C1SC(=O)N(CC(=O)OC(C)(C)C)C1=O. The van der Waals surface area contributed by atoms with Crippen LogP contribution in [0, 0.1) is 12.3 Å². The van der Waals surface area contributed by atoms with E-state index in [1.54, 1.807) is 32.9 Å². The van der Waals surface area contributed by atoms with Gasteiger partial charge in [0.15, 0.2) is 0 Å². The molecule has 6 nitrogen and oxygen atoms in total. The summed E-state index contributed by atoms with van der Waals surface area (Å²) in [5.41, 5.74) is -0.0629. The van der Waals surface area contributed by atoms with Gasteiger partial charge >= 0.3 is 5.97 Å². The number of imide groups is 1. The summed E-state index contributed by atoms with van der Waals surface area (Å²) >= 11 is 0.773. The molecule has 1 heterocycles. The third kappa shape index (κ3) is 4.84. The highest BCUT2D eigenvalue weighted by molar-refractivity contribution is 8.18. The highest BCUT2D eigenvalue weighted by Crippen LogP contribution is 2.36. The molecular formula is C23H21NO5S. The van der Waals surface area contributed by atoms with E-state index in [0.717, 1.165) is 27.4 Å². The Morgan fingerprint density at radius 1 is 1.20 bits per heavy atom. The second-order valence-corrected chi connectivity index (χ2v) is 8.54. The van der Waals surface area contributed by atoms with Crippen LogP contribution in [-0.4, -0.2) is 40.8 Å². The molecule has 7 heteroatoms. The highest BCUT2D eigenvalue weighted by Gasteiger charge is 2.37. The van der Waals surface area contributed by atoms with Crippen LogP contribution in [0.15, 0.2) is 41.3 Å². The molecule has 0 bridgehead atoms. The lowest BCUT2D eigenvalue weighted by atomic mass is 10.0. The number of benzene rings is 2. The summed E-state index contributed by atoms with van der Waals surface area (Å²) in [6, 6.07) is 11.3. The van der Waals surface area contributed by atoms with E-state index in [9.17, 15) is 14.4 Å². The van der Waals surface area contributed by atoms with Crippen molar-refractivity contribution in [3.8, 4) is 18.1 Å². The molecule has 30 heavy (non-hydrogen) atoms. The molecule has 0 N–H and O–H groups in total. The highest BCUT2D eigenvalue weighted by atomic mass is 32.2. The molecule has 0 atom stereocenters. The van der Waals surface area contributed by atoms with E-state index in [2.05, 4.69) is 5.92 Å². The van der Waals surface area contributed by atoms with Gasteiger partial charge in [0.25, 0.3) is 11.1 Å². The van der Waals surface area contributed by atoms with Crippen LogP contribution >= 0.6 is 11.8 Å². The molecule has 2 aromatic rings. The van der Waals surface area contributed by atoms with Crippen molar-refractivity contribution in [3.05, 3.63) is 46.9 Å². The van der Waals surface area contributed by atoms with E-state index in [-0.39, 0.29) is 11.5 Å². The molecule has 1 aliphatic heterocycles. The lowest BCUT2D eigenvalue weighted by molar-refractivity contribution is -0.156. The molecule has 1 fully saturated rings. The molecular weight excluding hydrogens is 402 g/mol. The number of hydrogen-bond acceptors (Lipinski definition) is 6. The number of ether oxygens (including phenoxy) is 2. The van der Waals surface area contributed by atoms with Gasteiger partial charge in [-0.2, -0.15) is 0 Å². The van der Waals surface area contributed by atoms with E-state index in [1.807, 2.05) is 30.3 Å². The van der Waals surface area contributed by atoms with Gasteiger partial charge in [0, 0.05) is 5.56 Å². The number of amides is 2. The average molecular weight is 423 g/mol. The first-order chi connectivity index (χ1) is 14.2. The Morgan fingerprint density at radius 3 is 2.63 bits per heavy atom. The summed E-state index contributed by atoms with van der Waals surface area (Å²) < 4.78 is 10.9. The first-order valence-electron chi connectivity index (χ1n) is 9.25. The molecule has 154 valence electrons. The van der Waals surface area contributed by atoms with Crippen molar-refractivity contribution in [2.75, 3.05) is 13.2 Å². The Hall–Kier alpha value is -3.24. The van der Waals surface area contributed by atoms with Crippen molar-refractivity contribution >= 4 is 45.7 Å². The Kier molecular flexibility index (Phi) is 6.18. The quantitative estimate of drug-likeness (QED) is 0.407. The standard InChI is InChI=1S/C23H21NO5S/c1-5-12-28-18-11-10-15-8-6-7-9-16(15)17(18)13-19-21(26)24(22(27)30-19)14-20(25)29-23(2,3)4/h1,6-11,13H,12,14H2,2-4H3. The van der Waals surface area contributed by atoms with Crippen LogP contribution < -0.4 is 4.74 Å². The zero-order valence-corrected chi connectivity index (χ0v) is 17.7. The molecule has 0 radical (unpaired) electrons. The molecule has 1 aliphatic rings. The fourth-order valence-corrected chi connectivity index (χ4v) is 3.76. The number of esters is 1. The maximum Gasteiger partial charge on any atom is 0.326 e. The number of thioether (sulfide) groups is 1. The number of terminal acetylenes is 1. The van der Waals surface area contributed by atoms with Crippen molar-refractivity contribution in [3.63, 3.8) is 0 Å². The number of nitrogens with zero attached hydrogens (tertiary/aromatic N) is 1. The molecule has 2 aromatic carbocycles. The van der Waals surface area contributed by atoms with Gasteiger partial charge in [-0.05, 0) is 55.4 Å². The summed E-state index contributed by atoms with van der Waals surface area (Å²) in [6.07, 6.45) is 6.91. The Labute approximate surface area is 179 Å². The van der Waals surface area contributed by atoms with Crippen molar-refractivity contribution in [1.82, 2.24) is 4.90 Å². The normalized spacial score (nSPS) is 15.5. The topological polar surface area (TPSA) is 72.9 Å². The van der Waals surface area contributed by atoms with Crippen LogP contribution in [0.25, 0.3) is 16.8 Å². The molecule has 0 aromatic heterocycles. The monoisotopic (exact) mass is 423 g/mol. The maximum absolute atomic E-state index is 12.8. The largest absolute Gasteiger partial charge is 0.480 e. The Morgan fingerprint density at radius 2 is 1.93 bits per heavy atom. The first kappa shape index (κ1) is 21.5. The molecule has 0 aliphatic carbocycles. The zero-order valence-electron chi connectivity index (χ0n) is 16.9. The van der Waals surface area contributed by atoms with E-state index in [1.165, 1.54) is 0 Å². The fraction of sp³-hybridized carbons (Fsp3) is 0.261. The summed E-state index contributed by atoms with van der Waals surface area (Å²) in [5.74, 6) is 1.73. The third-order valence-electron chi connectivity index (χ3n) is 4.10. The summed E-state index contributed by atoms with van der Waals surface area (Å²) in [4.78, 5) is 38.4. The number of rotatable bonds is 5. The van der Waals surface area contributed by atoms with Crippen molar-refractivity contribution in [2.24, 2.45) is 0 Å². The molecule has 3 rings (SSSR count). The van der Waals surface area contributed by atoms with Crippen LogP contribution in [0.2, 0.25) is 0 Å². The van der Waals surface area contributed by atoms with Gasteiger partial charge in [-0.25, -0.2) is 0 Å². The predicted octanol–water partition coefficient (Wildman–Crippen LogP) is 4.23. The van der Waals surface area contributed by atoms with Gasteiger partial charge < -0.3 is 9.47 Å². The van der Waals surface area contributed by atoms with Crippen LogP contribution in [0.3, 0.4) is 0 Å². The number of carbonyl (C=O) groups is 3. The fourth-order valence-electron chi connectivity index (χ4n) is 2.94. The zero-order chi connectivity index (χ0) is 21.9. The Bertz CT molecular complexity index is 1090. The molecule has 2 amide bonds. The van der Waals surface area contributed by atoms with Crippen molar-refractivity contribution in [2.45, 2.75) is 26.4 Å². The second kappa shape index (κ2) is 8.64. The minimum Gasteiger partial charge on any atom is -0.480 e. The molecule has 0 spiro atoms. The average Bonchev–Trinajstić information content (AvgIpc) is 2.93. The van der Waals surface area contributed by atoms with Gasteiger partial charge in [0.2, 0.25) is 0 Å². The predicted molar refractivity (Wildman–Crippen MR) is 117 cm³/mol. The van der Waals surface area contributed by atoms with Gasteiger partial charge in [0.1, 0.15) is 24.5 Å². The van der Waals surface area contributed by atoms with Crippen LogP contribution in [-0.2, 0) is 14.3 Å². The number of fused-ring (bicyclic) bond motifs is 1. The van der Waals surface area contributed by atoms with E-state index in [0.29, 0.717) is 11.3 Å². The maximum atomic E-state index is 12.8. The molecule has 1 saturated heterocycles. The van der Waals surface area contributed by atoms with Crippen LogP contribution in [0.1, 0.15) is 26.3 Å². The van der Waals surface area contributed by atoms with Gasteiger partial charge in [-0.3, -0.25) is 19.3 Å². The summed E-state index contributed by atoms with van der Waals surface area (Å²) in [6.45, 7) is 4.79. The van der Waals surface area contributed by atoms with E-state index >= 15 is 0 Å². The third-order valence-corrected chi connectivity index (χ3v) is 5.01. The lowest BCUT2D eigenvalue weighted by Gasteiger charge is -2.21. The van der Waals surface area contributed by atoms with Gasteiger partial charge in [-0.15, -0.1) is 6.42 Å². The lowest BCUT2D eigenvalue weighted by Crippen LogP contribution is -2.37. The van der Waals surface area contributed by atoms with E-state index in [4.69, 9.17) is 15.9 Å². The van der Waals surface area contributed by atoms with Crippen LogP contribution in [0.4, 0.5) is 4.79 Å². The minimum atomic E-state index is -0.707. The Balaban J connectivity index is 1.94. The van der Waals surface area contributed by atoms with E-state index < -0.39 is 29.3 Å². The molecule has 0 saturated carbocycles. The second-order valence-electron chi connectivity index (χ2n) is 7.55. The van der Waals surface area contributed by atoms with Crippen LogP contribution in [0.5, 0.6) is 5.75 Å². The van der Waals surface area contributed by atoms with Gasteiger partial charge in [0.05, 0.1) is 4.91 Å². The number of hydrogen-bond donors (Lipinski definition) is 0. The summed E-state index contributed by atoms with van der Waals surface area (Å²) in [7, 11) is 0.